The summed E-state index contributed by atoms with van der Waals surface area (Å²) >= 11 is 3.41. The molecule has 0 aromatic heterocycles. The molecule has 10 heteroatoms. The van der Waals surface area contributed by atoms with Crippen LogP contribution in [0.2, 0.25) is 0 Å². The van der Waals surface area contributed by atoms with Crippen molar-refractivity contribution in [2.24, 2.45) is 0 Å². The molecule has 0 aliphatic carbocycles. The van der Waals surface area contributed by atoms with Crippen LogP contribution >= 0.6 is 15.9 Å². The molecular formula is C24H28BrN3O5S. The van der Waals surface area contributed by atoms with E-state index in [9.17, 15) is 22.8 Å². The van der Waals surface area contributed by atoms with Crippen molar-refractivity contribution in [3.8, 4) is 0 Å². The Kier molecular flexibility index (Phi) is 8.14. The summed E-state index contributed by atoms with van der Waals surface area (Å²) in [6.07, 6.45) is 0.501. The Bertz CT molecular complexity index is 1200. The van der Waals surface area contributed by atoms with Gasteiger partial charge >= 0.3 is 0 Å². The predicted molar refractivity (Wildman–Crippen MR) is 131 cm³/mol. The Hall–Kier alpha value is -2.72. The quantitative estimate of drug-likeness (QED) is 0.516. The molecule has 0 bridgehead atoms. The summed E-state index contributed by atoms with van der Waals surface area (Å²) in [5.74, 6) is -1.37. The molecule has 3 rings (SSSR count). The number of benzene rings is 2. The van der Waals surface area contributed by atoms with Crippen LogP contribution in [-0.2, 0) is 26.2 Å². The molecule has 0 saturated heterocycles. The van der Waals surface area contributed by atoms with Crippen molar-refractivity contribution in [1.82, 2.24) is 14.5 Å². The van der Waals surface area contributed by atoms with Crippen molar-refractivity contribution in [1.29, 1.82) is 0 Å². The van der Waals surface area contributed by atoms with Gasteiger partial charge in [0.2, 0.25) is 11.8 Å². The minimum Gasteiger partial charge on any atom is -0.352 e. The maximum absolute atomic E-state index is 13.3. The van der Waals surface area contributed by atoms with Crippen LogP contribution in [0.3, 0.4) is 0 Å². The lowest BCUT2D eigenvalue weighted by molar-refractivity contribution is -0.140. The second kappa shape index (κ2) is 10.7. The SMILES string of the molecule is CCC(C)NC(=O)C(C)N(Cc1cccc(Br)c1)C(=O)CCN1C(=O)c2ccccc2S1(=O)=O. The summed E-state index contributed by atoms with van der Waals surface area (Å²) in [5.41, 5.74) is 0.908. The van der Waals surface area contributed by atoms with E-state index in [0.717, 1.165) is 20.8 Å². The molecule has 0 fully saturated rings. The standard InChI is InChI=1S/C24H28BrN3O5S/c1-4-16(2)26-23(30)17(3)27(15-18-8-7-9-19(25)14-18)22(29)12-13-28-24(31)20-10-5-6-11-21(20)34(28,32)33/h5-11,14,16-17H,4,12-13,15H2,1-3H3,(H,26,30). The number of rotatable bonds is 9. The maximum Gasteiger partial charge on any atom is 0.269 e. The van der Waals surface area contributed by atoms with Gasteiger partial charge in [-0.3, -0.25) is 14.4 Å². The van der Waals surface area contributed by atoms with Crippen LogP contribution in [-0.4, -0.2) is 54.0 Å². The molecule has 1 heterocycles. The first-order valence-electron chi connectivity index (χ1n) is 11.1. The van der Waals surface area contributed by atoms with Gasteiger partial charge in [-0.1, -0.05) is 47.1 Å². The summed E-state index contributed by atoms with van der Waals surface area (Å²) < 4.78 is 27.2. The number of nitrogens with zero attached hydrogens (tertiary/aromatic N) is 2. The lowest BCUT2D eigenvalue weighted by Crippen LogP contribution is -2.50. The molecule has 2 aromatic carbocycles. The van der Waals surface area contributed by atoms with Crippen molar-refractivity contribution in [2.75, 3.05) is 6.54 Å². The van der Waals surface area contributed by atoms with Gasteiger partial charge in [-0.15, -0.1) is 0 Å². The smallest absolute Gasteiger partial charge is 0.269 e. The molecule has 1 aliphatic rings. The fourth-order valence-corrected chi connectivity index (χ4v) is 5.69. The number of halogens is 1. The van der Waals surface area contributed by atoms with E-state index >= 15 is 0 Å². The Labute approximate surface area is 208 Å². The Balaban J connectivity index is 1.79. The van der Waals surface area contributed by atoms with Gasteiger partial charge in [-0.05, 0) is 50.1 Å². The molecule has 0 spiro atoms. The minimum absolute atomic E-state index is 0.0522. The molecule has 3 amide bonds. The zero-order chi connectivity index (χ0) is 25.0. The highest BCUT2D eigenvalue weighted by Crippen LogP contribution is 2.30. The number of amides is 3. The first kappa shape index (κ1) is 25.9. The van der Waals surface area contributed by atoms with E-state index < -0.39 is 27.9 Å². The highest BCUT2D eigenvalue weighted by Gasteiger charge is 2.41. The van der Waals surface area contributed by atoms with Crippen LogP contribution in [0.5, 0.6) is 0 Å². The normalized spacial score (nSPS) is 16.0. The number of carbonyl (C=O) groups excluding carboxylic acids is 3. The van der Waals surface area contributed by atoms with Gasteiger partial charge in [0, 0.05) is 30.0 Å². The lowest BCUT2D eigenvalue weighted by atomic mass is 10.1. The third-order valence-corrected chi connectivity index (χ3v) is 8.18. The maximum atomic E-state index is 13.3. The summed E-state index contributed by atoms with van der Waals surface area (Å²) in [6.45, 7) is 5.33. The van der Waals surface area contributed by atoms with Crippen molar-refractivity contribution < 1.29 is 22.8 Å². The van der Waals surface area contributed by atoms with Crippen molar-refractivity contribution in [3.63, 3.8) is 0 Å². The van der Waals surface area contributed by atoms with Gasteiger partial charge in [0.05, 0.1) is 5.56 Å². The molecule has 34 heavy (non-hydrogen) atoms. The molecule has 0 saturated carbocycles. The van der Waals surface area contributed by atoms with Gasteiger partial charge < -0.3 is 10.2 Å². The van der Waals surface area contributed by atoms with Gasteiger partial charge in [-0.25, -0.2) is 12.7 Å². The molecule has 182 valence electrons. The summed E-state index contributed by atoms with van der Waals surface area (Å²) in [5, 5.41) is 2.89. The predicted octanol–water partition coefficient (Wildman–Crippen LogP) is 3.32. The molecule has 2 aromatic rings. The van der Waals surface area contributed by atoms with Gasteiger partial charge in [0.15, 0.2) is 0 Å². The molecule has 0 radical (unpaired) electrons. The summed E-state index contributed by atoms with van der Waals surface area (Å²) in [6, 6.07) is 12.5. The molecule has 1 aliphatic heterocycles. The van der Waals surface area contributed by atoms with Crippen LogP contribution in [0.25, 0.3) is 0 Å². The first-order chi connectivity index (χ1) is 16.1. The number of sulfonamides is 1. The van der Waals surface area contributed by atoms with E-state index in [2.05, 4.69) is 21.2 Å². The van der Waals surface area contributed by atoms with Crippen LogP contribution in [0, 0.1) is 0 Å². The monoisotopic (exact) mass is 549 g/mol. The van der Waals surface area contributed by atoms with E-state index in [-0.39, 0.29) is 41.9 Å². The van der Waals surface area contributed by atoms with Crippen molar-refractivity contribution >= 4 is 43.7 Å². The number of nitrogens with one attached hydrogen (secondary N) is 1. The van der Waals surface area contributed by atoms with Gasteiger partial charge in [0.25, 0.3) is 15.9 Å². The zero-order valence-corrected chi connectivity index (χ0v) is 21.7. The highest BCUT2D eigenvalue weighted by molar-refractivity contribution is 9.10. The van der Waals surface area contributed by atoms with Gasteiger partial charge in [-0.2, -0.15) is 0 Å². The number of hydrogen-bond donors (Lipinski definition) is 1. The van der Waals surface area contributed by atoms with Gasteiger partial charge in [0.1, 0.15) is 10.9 Å². The Morgan fingerprint density at radius 2 is 1.82 bits per heavy atom. The fourth-order valence-electron chi connectivity index (χ4n) is 3.67. The minimum atomic E-state index is -4.01. The fraction of sp³-hybridized carbons (Fsp3) is 0.375. The first-order valence-corrected chi connectivity index (χ1v) is 13.3. The second-order valence-electron chi connectivity index (χ2n) is 8.27. The van der Waals surface area contributed by atoms with Crippen LogP contribution < -0.4 is 5.32 Å². The Morgan fingerprint density at radius 3 is 2.47 bits per heavy atom. The Morgan fingerprint density at radius 1 is 1.12 bits per heavy atom. The third-order valence-electron chi connectivity index (χ3n) is 5.85. The van der Waals surface area contributed by atoms with E-state index in [4.69, 9.17) is 0 Å². The molecule has 2 atom stereocenters. The van der Waals surface area contributed by atoms with E-state index in [1.165, 1.54) is 17.0 Å². The second-order valence-corrected chi connectivity index (χ2v) is 11.0. The highest BCUT2D eigenvalue weighted by atomic mass is 79.9. The largest absolute Gasteiger partial charge is 0.352 e. The average Bonchev–Trinajstić information content (AvgIpc) is 3.00. The molecule has 2 unspecified atom stereocenters. The number of carbonyl (C=O) groups is 3. The van der Waals surface area contributed by atoms with Crippen LogP contribution in [0.15, 0.2) is 57.9 Å². The topological polar surface area (TPSA) is 104 Å². The van der Waals surface area contributed by atoms with Crippen LogP contribution in [0.4, 0.5) is 0 Å². The number of fused-ring (bicyclic) bond motifs is 1. The molecule has 1 N–H and O–H groups in total. The number of hydrogen-bond acceptors (Lipinski definition) is 5. The lowest BCUT2D eigenvalue weighted by Gasteiger charge is -2.30. The average molecular weight is 550 g/mol. The van der Waals surface area contributed by atoms with E-state index in [1.807, 2.05) is 38.1 Å². The van der Waals surface area contributed by atoms with Crippen molar-refractivity contribution in [2.45, 2.75) is 57.1 Å². The molecular weight excluding hydrogens is 522 g/mol. The summed E-state index contributed by atoms with van der Waals surface area (Å²) in [4.78, 5) is 40.1. The zero-order valence-electron chi connectivity index (χ0n) is 19.3. The van der Waals surface area contributed by atoms with Crippen LogP contribution in [0.1, 0.15) is 49.5 Å². The van der Waals surface area contributed by atoms with Crippen molar-refractivity contribution in [3.05, 3.63) is 64.1 Å². The van der Waals surface area contributed by atoms with E-state index in [1.54, 1.807) is 19.1 Å². The van der Waals surface area contributed by atoms with E-state index in [0.29, 0.717) is 0 Å². The summed E-state index contributed by atoms with van der Waals surface area (Å²) in [7, 11) is -4.01. The third kappa shape index (κ3) is 5.50. The molecule has 8 nitrogen and oxygen atoms in total.